The fraction of sp³-hybridized carbons (Fsp3) is 0.900. The Morgan fingerprint density at radius 2 is 2.06 bits per heavy atom. The van der Waals surface area contributed by atoms with E-state index in [2.05, 4.69) is 10.6 Å². The quantitative estimate of drug-likeness (QED) is 0.737. The van der Waals surface area contributed by atoms with Crippen LogP contribution in [0.3, 0.4) is 0 Å². The maximum absolute atomic E-state index is 12.5. The molecule has 0 saturated heterocycles. The van der Waals surface area contributed by atoms with Crippen molar-refractivity contribution in [3.8, 4) is 0 Å². The number of halogens is 3. The summed E-state index contributed by atoms with van der Waals surface area (Å²) in [5.74, 6) is -0.215. The third kappa shape index (κ3) is 4.83. The Morgan fingerprint density at radius 3 is 2.50 bits per heavy atom. The van der Waals surface area contributed by atoms with Gasteiger partial charge in [-0.2, -0.15) is 13.2 Å². The lowest BCUT2D eigenvalue weighted by atomic mass is 10.2. The lowest BCUT2D eigenvalue weighted by Gasteiger charge is -2.21. The van der Waals surface area contributed by atoms with Crippen LogP contribution in [0.4, 0.5) is 13.2 Å². The summed E-state index contributed by atoms with van der Waals surface area (Å²) in [5, 5.41) is 5.00. The number of nitrogens with one attached hydrogen (secondary N) is 2. The third-order valence-corrected chi connectivity index (χ3v) is 2.49. The van der Waals surface area contributed by atoms with Crippen molar-refractivity contribution in [2.75, 3.05) is 6.54 Å². The highest BCUT2D eigenvalue weighted by atomic mass is 19.4. The van der Waals surface area contributed by atoms with E-state index in [0.717, 1.165) is 12.8 Å². The summed E-state index contributed by atoms with van der Waals surface area (Å²) >= 11 is 0. The number of carbonyl (C=O) groups excluding carboxylic acids is 1. The zero-order valence-electron chi connectivity index (χ0n) is 9.23. The van der Waals surface area contributed by atoms with Crippen molar-refractivity contribution in [1.29, 1.82) is 0 Å². The standard InChI is InChI=1S/C10H17F3N2O/c1-2-9(16)14-6-5-8(10(11,12)13)15-7-3-4-7/h7-8,15H,2-6H2,1H3,(H,14,16). The van der Waals surface area contributed by atoms with Crippen LogP contribution in [-0.2, 0) is 4.79 Å². The van der Waals surface area contributed by atoms with Crippen molar-refractivity contribution in [2.45, 2.75) is 50.9 Å². The highest BCUT2D eigenvalue weighted by molar-refractivity contribution is 5.75. The van der Waals surface area contributed by atoms with Crippen LogP contribution in [0.25, 0.3) is 0 Å². The molecule has 6 heteroatoms. The number of hydrogen-bond acceptors (Lipinski definition) is 2. The molecule has 0 aliphatic heterocycles. The van der Waals surface area contributed by atoms with Gasteiger partial charge in [0.05, 0.1) is 0 Å². The van der Waals surface area contributed by atoms with E-state index in [9.17, 15) is 18.0 Å². The number of carbonyl (C=O) groups is 1. The van der Waals surface area contributed by atoms with Gasteiger partial charge in [-0.1, -0.05) is 6.92 Å². The zero-order chi connectivity index (χ0) is 12.2. The zero-order valence-corrected chi connectivity index (χ0v) is 9.23. The van der Waals surface area contributed by atoms with Gasteiger partial charge >= 0.3 is 6.18 Å². The molecular formula is C10H17F3N2O. The first-order chi connectivity index (χ1) is 7.43. The molecule has 1 atom stereocenters. The van der Waals surface area contributed by atoms with E-state index >= 15 is 0 Å². The van der Waals surface area contributed by atoms with E-state index in [-0.39, 0.29) is 24.9 Å². The number of alkyl halides is 3. The molecule has 0 heterocycles. The van der Waals surface area contributed by atoms with Gasteiger partial charge in [0.15, 0.2) is 0 Å². The van der Waals surface area contributed by atoms with Gasteiger partial charge in [-0.25, -0.2) is 0 Å². The third-order valence-electron chi connectivity index (χ3n) is 2.49. The molecule has 1 rings (SSSR count). The molecule has 1 amide bonds. The Bertz CT molecular complexity index is 239. The van der Waals surface area contributed by atoms with Gasteiger partial charge in [0.1, 0.15) is 6.04 Å². The highest BCUT2D eigenvalue weighted by Crippen LogP contribution is 2.27. The Hall–Kier alpha value is -0.780. The van der Waals surface area contributed by atoms with Gasteiger partial charge in [0, 0.05) is 19.0 Å². The predicted molar refractivity (Wildman–Crippen MR) is 53.9 cm³/mol. The Labute approximate surface area is 92.8 Å². The van der Waals surface area contributed by atoms with E-state index in [1.807, 2.05) is 0 Å². The van der Waals surface area contributed by atoms with Crippen molar-refractivity contribution in [2.24, 2.45) is 0 Å². The summed E-state index contributed by atoms with van der Waals surface area (Å²) in [6.07, 6.45) is -2.42. The smallest absolute Gasteiger partial charge is 0.356 e. The molecule has 0 aromatic rings. The molecule has 94 valence electrons. The average molecular weight is 238 g/mol. The van der Waals surface area contributed by atoms with Crippen molar-refractivity contribution >= 4 is 5.91 Å². The van der Waals surface area contributed by atoms with Crippen LogP contribution in [0, 0.1) is 0 Å². The SMILES string of the molecule is CCC(=O)NCCC(NC1CC1)C(F)(F)F. The van der Waals surface area contributed by atoms with Gasteiger partial charge < -0.3 is 10.6 Å². The highest BCUT2D eigenvalue weighted by Gasteiger charge is 2.41. The molecule has 0 radical (unpaired) electrons. The van der Waals surface area contributed by atoms with Crippen molar-refractivity contribution < 1.29 is 18.0 Å². The van der Waals surface area contributed by atoms with Gasteiger partial charge in [-0.15, -0.1) is 0 Å². The second-order valence-corrected chi connectivity index (χ2v) is 4.03. The van der Waals surface area contributed by atoms with E-state index in [1.54, 1.807) is 6.92 Å². The number of amides is 1. The van der Waals surface area contributed by atoms with Gasteiger partial charge in [0.25, 0.3) is 0 Å². The molecule has 0 bridgehead atoms. The van der Waals surface area contributed by atoms with Crippen LogP contribution in [0.2, 0.25) is 0 Å². The summed E-state index contributed by atoms with van der Waals surface area (Å²) in [4.78, 5) is 10.9. The van der Waals surface area contributed by atoms with E-state index in [1.165, 1.54) is 0 Å². The van der Waals surface area contributed by atoms with E-state index < -0.39 is 12.2 Å². The van der Waals surface area contributed by atoms with Crippen LogP contribution >= 0.6 is 0 Å². The first-order valence-corrected chi connectivity index (χ1v) is 5.53. The molecule has 3 nitrogen and oxygen atoms in total. The lowest BCUT2D eigenvalue weighted by Crippen LogP contribution is -2.45. The molecule has 1 fully saturated rings. The number of rotatable bonds is 6. The molecule has 1 aliphatic rings. The van der Waals surface area contributed by atoms with E-state index in [4.69, 9.17) is 0 Å². The van der Waals surface area contributed by atoms with Crippen LogP contribution in [0.1, 0.15) is 32.6 Å². The Morgan fingerprint density at radius 1 is 1.44 bits per heavy atom. The molecule has 0 aromatic carbocycles. The lowest BCUT2D eigenvalue weighted by molar-refractivity contribution is -0.157. The van der Waals surface area contributed by atoms with Crippen molar-refractivity contribution in [3.05, 3.63) is 0 Å². The maximum atomic E-state index is 12.5. The minimum Gasteiger partial charge on any atom is -0.356 e. The van der Waals surface area contributed by atoms with Crippen LogP contribution < -0.4 is 10.6 Å². The topological polar surface area (TPSA) is 41.1 Å². The molecule has 2 N–H and O–H groups in total. The minimum atomic E-state index is -4.24. The maximum Gasteiger partial charge on any atom is 0.403 e. The van der Waals surface area contributed by atoms with Gasteiger partial charge in [0.2, 0.25) is 5.91 Å². The summed E-state index contributed by atoms with van der Waals surface area (Å²) in [6, 6.07) is -1.49. The molecular weight excluding hydrogens is 221 g/mol. The first kappa shape index (κ1) is 13.3. The normalized spacial score (nSPS) is 18.2. The molecule has 1 aliphatic carbocycles. The second-order valence-electron chi connectivity index (χ2n) is 4.03. The summed E-state index contributed by atoms with van der Waals surface area (Å²) in [5.41, 5.74) is 0. The fourth-order valence-corrected chi connectivity index (χ4v) is 1.36. The average Bonchev–Trinajstić information content (AvgIpc) is 2.98. The molecule has 0 spiro atoms. The van der Waals surface area contributed by atoms with Crippen LogP contribution in [0.5, 0.6) is 0 Å². The van der Waals surface area contributed by atoms with Gasteiger partial charge in [-0.05, 0) is 19.3 Å². The molecule has 0 aromatic heterocycles. The van der Waals surface area contributed by atoms with Crippen molar-refractivity contribution in [3.63, 3.8) is 0 Å². The fourth-order valence-electron chi connectivity index (χ4n) is 1.36. The largest absolute Gasteiger partial charge is 0.403 e. The summed E-state index contributed by atoms with van der Waals surface area (Å²) in [7, 11) is 0. The summed E-state index contributed by atoms with van der Waals surface area (Å²) < 4.78 is 37.6. The minimum absolute atomic E-state index is 0.00787. The van der Waals surface area contributed by atoms with Crippen LogP contribution in [0.15, 0.2) is 0 Å². The molecule has 1 unspecified atom stereocenters. The monoisotopic (exact) mass is 238 g/mol. The van der Waals surface area contributed by atoms with Gasteiger partial charge in [-0.3, -0.25) is 4.79 Å². The van der Waals surface area contributed by atoms with Crippen molar-refractivity contribution in [1.82, 2.24) is 10.6 Å². The van der Waals surface area contributed by atoms with E-state index in [0.29, 0.717) is 6.42 Å². The second kappa shape index (κ2) is 5.52. The predicted octanol–water partition coefficient (Wildman–Crippen LogP) is 1.59. The number of hydrogen-bond donors (Lipinski definition) is 2. The molecule has 16 heavy (non-hydrogen) atoms. The van der Waals surface area contributed by atoms with Crippen LogP contribution in [-0.4, -0.2) is 30.7 Å². The Kier molecular flexibility index (Phi) is 4.58. The summed E-state index contributed by atoms with van der Waals surface area (Å²) in [6.45, 7) is 1.73. The first-order valence-electron chi connectivity index (χ1n) is 5.53. The Balaban J connectivity index is 2.29. The molecule has 1 saturated carbocycles.